The van der Waals surface area contributed by atoms with Crippen LogP contribution in [0.1, 0.15) is 10.4 Å². The summed E-state index contributed by atoms with van der Waals surface area (Å²) in [5.74, 6) is -0.0122. The van der Waals surface area contributed by atoms with Gasteiger partial charge in [0.2, 0.25) is 5.13 Å². The fraction of sp³-hybridized carbons (Fsp3) is 0.235. The van der Waals surface area contributed by atoms with Crippen molar-refractivity contribution < 1.29 is 4.79 Å². The molecule has 25 heavy (non-hydrogen) atoms. The minimum Gasteiger partial charge on any atom is -0.343 e. The van der Waals surface area contributed by atoms with Gasteiger partial charge in [0.15, 0.2) is 5.01 Å². The normalized spacial score (nSPS) is 14.8. The highest BCUT2D eigenvalue weighted by molar-refractivity contribution is 7.22. The van der Waals surface area contributed by atoms with Crippen LogP contribution < -0.4 is 4.90 Å². The van der Waals surface area contributed by atoms with Gasteiger partial charge in [-0.3, -0.25) is 4.79 Å². The quantitative estimate of drug-likeness (QED) is 0.680. The second-order valence-electron chi connectivity index (χ2n) is 5.63. The van der Waals surface area contributed by atoms with E-state index in [4.69, 9.17) is 11.6 Å². The number of hydrogen-bond donors (Lipinski definition) is 0. The van der Waals surface area contributed by atoms with Crippen LogP contribution in [0.4, 0.5) is 5.13 Å². The molecule has 4 rings (SSSR count). The molecule has 3 aromatic rings. The Labute approximate surface area is 158 Å². The van der Waals surface area contributed by atoms with Gasteiger partial charge in [0, 0.05) is 26.2 Å². The molecule has 0 spiro atoms. The summed E-state index contributed by atoms with van der Waals surface area (Å²) in [6.45, 7) is 2.79. The number of piperazine rings is 1. The Hall–Kier alpha value is -1.96. The monoisotopic (exact) mass is 390 g/mol. The standard InChI is InChI=1S/C17H15ClN4OS2/c18-13-5-2-1-4-12(13)16(23)21-7-9-22(10-8-21)17-20-19-15(25-17)14-6-3-11-24-14/h1-6,11H,7-10H2. The molecular formula is C17H15ClN4OS2. The van der Waals surface area contributed by atoms with Crippen molar-refractivity contribution in [2.24, 2.45) is 0 Å². The summed E-state index contributed by atoms with van der Waals surface area (Å²) in [4.78, 5) is 17.8. The molecule has 0 N–H and O–H groups in total. The molecule has 128 valence electrons. The minimum atomic E-state index is -0.0122. The summed E-state index contributed by atoms with van der Waals surface area (Å²) in [7, 11) is 0. The molecule has 1 amide bonds. The molecule has 3 heterocycles. The molecule has 0 unspecified atom stereocenters. The van der Waals surface area contributed by atoms with Crippen molar-refractivity contribution in [1.82, 2.24) is 15.1 Å². The van der Waals surface area contributed by atoms with E-state index in [-0.39, 0.29) is 5.91 Å². The van der Waals surface area contributed by atoms with E-state index in [0.717, 1.165) is 28.1 Å². The van der Waals surface area contributed by atoms with Gasteiger partial charge in [-0.1, -0.05) is 41.1 Å². The number of benzene rings is 1. The summed E-state index contributed by atoms with van der Waals surface area (Å²) < 4.78 is 0. The summed E-state index contributed by atoms with van der Waals surface area (Å²) in [6, 6.07) is 11.3. The molecule has 8 heteroatoms. The zero-order valence-electron chi connectivity index (χ0n) is 13.3. The maximum Gasteiger partial charge on any atom is 0.255 e. The van der Waals surface area contributed by atoms with Crippen LogP contribution in [0.25, 0.3) is 9.88 Å². The van der Waals surface area contributed by atoms with Crippen molar-refractivity contribution in [3.63, 3.8) is 0 Å². The number of nitrogens with zero attached hydrogens (tertiary/aromatic N) is 4. The number of carbonyl (C=O) groups excluding carboxylic acids is 1. The summed E-state index contributed by atoms with van der Waals surface area (Å²) >= 11 is 9.40. The van der Waals surface area contributed by atoms with Gasteiger partial charge in [0.1, 0.15) is 0 Å². The first kappa shape index (κ1) is 16.5. The number of carbonyl (C=O) groups is 1. The van der Waals surface area contributed by atoms with Gasteiger partial charge in [-0.15, -0.1) is 21.5 Å². The molecule has 1 saturated heterocycles. The summed E-state index contributed by atoms with van der Waals surface area (Å²) in [5.41, 5.74) is 0.563. The molecule has 2 aromatic heterocycles. The largest absolute Gasteiger partial charge is 0.343 e. The van der Waals surface area contributed by atoms with Crippen molar-refractivity contribution in [2.45, 2.75) is 0 Å². The molecule has 0 saturated carbocycles. The van der Waals surface area contributed by atoms with Gasteiger partial charge in [0.05, 0.1) is 15.5 Å². The highest BCUT2D eigenvalue weighted by atomic mass is 35.5. The predicted molar refractivity (Wildman–Crippen MR) is 103 cm³/mol. The maximum atomic E-state index is 12.6. The van der Waals surface area contributed by atoms with Crippen LogP contribution in [-0.2, 0) is 0 Å². The van der Waals surface area contributed by atoms with E-state index in [9.17, 15) is 4.79 Å². The first-order valence-electron chi connectivity index (χ1n) is 7.88. The predicted octanol–water partition coefficient (Wildman–Crippen LogP) is 3.88. The zero-order chi connectivity index (χ0) is 17.2. The number of halogens is 1. The number of amides is 1. The Kier molecular flexibility index (Phi) is 4.70. The third kappa shape index (κ3) is 3.40. The molecule has 1 aromatic carbocycles. The van der Waals surface area contributed by atoms with Crippen molar-refractivity contribution >= 4 is 45.3 Å². The lowest BCUT2D eigenvalue weighted by Crippen LogP contribution is -2.48. The first-order chi connectivity index (χ1) is 12.2. The second-order valence-corrected chi connectivity index (χ2v) is 7.94. The number of rotatable bonds is 3. The molecule has 1 aliphatic rings. The Balaban J connectivity index is 1.42. The SMILES string of the molecule is O=C(c1ccccc1Cl)N1CCN(c2nnc(-c3cccs3)s2)CC1. The van der Waals surface area contributed by atoms with Crippen LogP contribution >= 0.6 is 34.3 Å². The van der Waals surface area contributed by atoms with Crippen molar-refractivity contribution in [3.8, 4) is 9.88 Å². The van der Waals surface area contributed by atoms with Gasteiger partial charge in [0.25, 0.3) is 5.91 Å². The van der Waals surface area contributed by atoms with Gasteiger partial charge in [-0.25, -0.2) is 0 Å². The summed E-state index contributed by atoms with van der Waals surface area (Å²) in [6.07, 6.45) is 0. The van der Waals surface area contributed by atoms with E-state index in [1.54, 1.807) is 34.8 Å². The smallest absolute Gasteiger partial charge is 0.255 e. The number of aromatic nitrogens is 2. The average molecular weight is 391 g/mol. The van der Waals surface area contributed by atoms with E-state index < -0.39 is 0 Å². The van der Waals surface area contributed by atoms with Crippen molar-refractivity contribution in [1.29, 1.82) is 0 Å². The van der Waals surface area contributed by atoms with Crippen LogP contribution in [-0.4, -0.2) is 47.2 Å². The number of anilines is 1. The van der Waals surface area contributed by atoms with E-state index in [1.807, 2.05) is 28.5 Å². The minimum absolute atomic E-state index is 0.0122. The van der Waals surface area contributed by atoms with E-state index >= 15 is 0 Å². The van der Waals surface area contributed by atoms with Crippen molar-refractivity contribution in [2.75, 3.05) is 31.1 Å². The highest BCUT2D eigenvalue weighted by Crippen LogP contribution is 2.32. The highest BCUT2D eigenvalue weighted by Gasteiger charge is 2.25. The Morgan fingerprint density at radius 2 is 1.84 bits per heavy atom. The number of thiophene rings is 1. The molecule has 5 nitrogen and oxygen atoms in total. The van der Waals surface area contributed by atoms with Gasteiger partial charge >= 0.3 is 0 Å². The molecular weight excluding hydrogens is 376 g/mol. The fourth-order valence-corrected chi connectivity index (χ4v) is 4.65. The molecule has 1 fully saturated rings. The Bertz CT molecular complexity index is 872. The van der Waals surface area contributed by atoms with Crippen LogP contribution in [0.2, 0.25) is 5.02 Å². The molecule has 1 aliphatic heterocycles. The maximum absolute atomic E-state index is 12.6. The molecule has 0 aliphatic carbocycles. The third-order valence-electron chi connectivity index (χ3n) is 4.09. The molecule has 0 bridgehead atoms. The van der Waals surface area contributed by atoms with Crippen LogP contribution in [0.5, 0.6) is 0 Å². The van der Waals surface area contributed by atoms with Crippen molar-refractivity contribution in [3.05, 3.63) is 52.4 Å². The second kappa shape index (κ2) is 7.11. The van der Waals surface area contributed by atoms with Gasteiger partial charge in [-0.2, -0.15) is 0 Å². The Morgan fingerprint density at radius 3 is 2.56 bits per heavy atom. The van der Waals surface area contributed by atoms with E-state index in [2.05, 4.69) is 21.2 Å². The van der Waals surface area contributed by atoms with Crippen LogP contribution in [0.15, 0.2) is 41.8 Å². The van der Waals surface area contributed by atoms with Gasteiger partial charge < -0.3 is 9.80 Å². The van der Waals surface area contributed by atoms with E-state index in [1.165, 1.54) is 0 Å². The fourth-order valence-electron chi connectivity index (χ4n) is 2.75. The zero-order valence-corrected chi connectivity index (χ0v) is 15.7. The first-order valence-corrected chi connectivity index (χ1v) is 9.96. The lowest BCUT2D eigenvalue weighted by Gasteiger charge is -2.34. The van der Waals surface area contributed by atoms with Gasteiger partial charge in [-0.05, 0) is 23.6 Å². The lowest BCUT2D eigenvalue weighted by atomic mass is 10.2. The molecule has 0 radical (unpaired) electrons. The third-order valence-corrected chi connectivity index (χ3v) is 6.44. The van der Waals surface area contributed by atoms with E-state index in [0.29, 0.717) is 23.7 Å². The Morgan fingerprint density at radius 1 is 1.04 bits per heavy atom. The van der Waals surface area contributed by atoms with Crippen LogP contribution in [0, 0.1) is 0 Å². The lowest BCUT2D eigenvalue weighted by molar-refractivity contribution is 0.0747. The topological polar surface area (TPSA) is 49.3 Å². The summed E-state index contributed by atoms with van der Waals surface area (Å²) in [5, 5.41) is 13.0. The average Bonchev–Trinajstić information content (AvgIpc) is 3.33. The molecule has 0 atom stereocenters. The van der Waals surface area contributed by atoms with Crippen LogP contribution in [0.3, 0.4) is 0 Å². The number of hydrogen-bond acceptors (Lipinski definition) is 6.